The molecule has 2 aromatic rings. The Morgan fingerprint density at radius 3 is 3.13 bits per heavy atom. The summed E-state index contributed by atoms with van der Waals surface area (Å²) in [5, 5.41) is 9.08. The monoisotopic (exact) mass is 205 g/mol. The molecule has 0 aliphatic carbocycles. The molecule has 0 saturated carbocycles. The van der Waals surface area contributed by atoms with E-state index in [0.717, 1.165) is 0 Å². The Balaban J connectivity index is 1.78. The molecular weight excluding hydrogens is 194 g/mol. The van der Waals surface area contributed by atoms with Gasteiger partial charge >= 0.3 is 0 Å². The van der Waals surface area contributed by atoms with Gasteiger partial charge in [-0.2, -0.15) is 5.10 Å². The Kier molecular flexibility index (Phi) is 2.77. The van der Waals surface area contributed by atoms with Gasteiger partial charge in [-0.3, -0.25) is 9.89 Å². The summed E-state index contributed by atoms with van der Waals surface area (Å²) in [5.41, 5.74) is 0. The first kappa shape index (κ1) is 9.45. The third-order valence-electron chi connectivity index (χ3n) is 1.93. The molecule has 1 amide bonds. The molecule has 0 radical (unpaired) electrons. The largest absolute Gasteiger partial charge is 0.337 e. The van der Waals surface area contributed by atoms with Crippen molar-refractivity contribution < 1.29 is 4.79 Å². The molecule has 2 heterocycles. The van der Waals surface area contributed by atoms with Crippen molar-refractivity contribution in [3.8, 4) is 0 Å². The molecule has 2 N–H and O–H groups in total. The van der Waals surface area contributed by atoms with Gasteiger partial charge in [0.2, 0.25) is 5.91 Å². The lowest BCUT2D eigenvalue weighted by molar-refractivity contribution is -0.116. The number of aryl methyl sites for hydroxylation is 1. The van der Waals surface area contributed by atoms with Crippen LogP contribution in [0.1, 0.15) is 6.42 Å². The van der Waals surface area contributed by atoms with Gasteiger partial charge in [-0.05, 0) is 0 Å². The summed E-state index contributed by atoms with van der Waals surface area (Å²) >= 11 is 0. The molecule has 15 heavy (non-hydrogen) atoms. The Hall–Kier alpha value is -2.11. The van der Waals surface area contributed by atoms with E-state index in [-0.39, 0.29) is 5.91 Å². The highest BCUT2D eigenvalue weighted by Crippen LogP contribution is 2.00. The van der Waals surface area contributed by atoms with Crippen LogP contribution in [0.15, 0.2) is 31.0 Å². The highest BCUT2D eigenvalue weighted by atomic mass is 16.1. The smallest absolute Gasteiger partial charge is 0.227 e. The fourth-order valence-electron chi connectivity index (χ4n) is 1.19. The first-order valence-electron chi connectivity index (χ1n) is 4.59. The Morgan fingerprint density at radius 1 is 1.53 bits per heavy atom. The van der Waals surface area contributed by atoms with Crippen LogP contribution in [0.2, 0.25) is 0 Å². The number of rotatable bonds is 4. The molecule has 0 fully saturated rings. The van der Waals surface area contributed by atoms with E-state index in [1.807, 2.05) is 10.8 Å². The van der Waals surface area contributed by atoms with E-state index >= 15 is 0 Å². The fraction of sp³-hybridized carbons (Fsp3) is 0.222. The van der Waals surface area contributed by atoms with Gasteiger partial charge in [0, 0.05) is 31.4 Å². The minimum absolute atomic E-state index is 0.0482. The van der Waals surface area contributed by atoms with E-state index in [4.69, 9.17) is 0 Å². The van der Waals surface area contributed by atoms with Gasteiger partial charge < -0.3 is 9.88 Å². The lowest BCUT2D eigenvalue weighted by atomic mass is 10.4. The van der Waals surface area contributed by atoms with Crippen LogP contribution in [0.3, 0.4) is 0 Å². The average molecular weight is 205 g/mol. The number of carbonyl (C=O) groups is 1. The molecule has 0 spiro atoms. The van der Waals surface area contributed by atoms with Crippen molar-refractivity contribution in [3.05, 3.63) is 31.0 Å². The maximum Gasteiger partial charge on any atom is 0.227 e. The molecule has 2 aromatic heterocycles. The summed E-state index contributed by atoms with van der Waals surface area (Å²) in [6.07, 6.45) is 7.20. The number of anilines is 1. The lowest BCUT2D eigenvalue weighted by Crippen LogP contribution is -2.14. The van der Waals surface area contributed by atoms with Crippen LogP contribution in [0, 0.1) is 0 Å². The number of imidazole rings is 1. The minimum atomic E-state index is -0.0482. The van der Waals surface area contributed by atoms with Crippen molar-refractivity contribution in [2.75, 3.05) is 5.32 Å². The van der Waals surface area contributed by atoms with E-state index in [9.17, 15) is 4.79 Å². The molecule has 0 bridgehead atoms. The van der Waals surface area contributed by atoms with Crippen molar-refractivity contribution >= 4 is 11.7 Å². The summed E-state index contributed by atoms with van der Waals surface area (Å²) in [6.45, 7) is 0.625. The quantitative estimate of drug-likeness (QED) is 0.768. The van der Waals surface area contributed by atoms with E-state index < -0.39 is 0 Å². The van der Waals surface area contributed by atoms with Gasteiger partial charge in [0.25, 0.3) is 0 Å². The second-order valence-electron chi connectivity index (χ2n) is 3.07. The number of hydrogen-bond acceptors (Lipinski definition) is 3. The number of aromatic amines is 1. The van der Waals surface area contributed by atoms with Crippen molar-refractivity contribution in [3.63, 3.8) is 0 Å². The van der Waals surface area contributed by atoms with Crippen LogP contribution in [0.4, 0.5) is 5.82 Å². The minimum Gasteiger partial charge on any atom is -0.337 e. The predicted octanol–water partition coefficient (Wildman–Crippen LogP) is 0.635. The van der Waals surface area contributed by atoms with Crippen LogP contribution >= 0.6 is 0 Å². The van der Waals surface area contributed by atoms with Crippen LogP contribution in [0.5, 0.6) is 0 Å². The second-order valence-corrected chi connectivity index (χ2v) is 3.07. The molecule has 0 atom stereocenters. The Morgan fingerprint density at radius 2 is 2.47 bits per heavy atom. The van der Waals surface area contributed by atoms with E-state index in [1.54, 1.807) is 24.8 Å². The first-order chi connectivity index (χ1) is 7.34. The van der Waals surface area contributed by atoms with E-state index in [2.05, 4.69) is 20.5 Å². The number of hydrogen-bond donors (Lipinski definition) is 2. The van der Waals surface area contributed by atoms with Crippen molar-refractivity contribution in [1.29, 1.82) is 0 Å². The van der Waals surface area contributed by atoms with Crippen LogP contribution in [-0.2, 0) is 11.3 Å². The Bertz CT molecular complexity index is 406. The molecule has 2 rings (SSSR count). The number of carbonyl (C=O) groups excluding carboxylic acids is 1. The normalized spacial score (nSPS) is 10.1. The molecule has 6 nitrogen and oxygen atoms in total. The van der Waals surface area contributed by atoms with Gasteiger partial charge in [0.15, 0.2) is 0 Å². The summed E-state index contributed by atoms with van der Waals surface area (Å²) in [6, 6.07) is 1.70. The Labute approximate surface area is 86.3 Å². The molecule has 0 unspecified atom stereocenters. The van der Waals surface area contributed by atoms with Gasteiger partial charge in [-0.15, -0.1) is 0 Å². The van der Waals surface area contributed by atoms with Crippen LogP contribution in [0.25, 0.3) is 0 Å². The highest BCUT2D eigenvalue weighted by molar-refractivity contribution is 5.89. The van der Waals surface area contributed by atoms with Crippen molar-refractivity contribution in [2.45, 2.75) is 13.0 Å². The zero-order chi connectivity index (χ0) is 10.5. The van der Waals surface area contributed by atoms with Gasteiger partial charge in [0.05, 0.1) is 12.5 Å². The molecule has 6 heteroatoms. The number of amides is 1. The zero-order valence-electron chi connectivity index (χ0n) is 8.05. The standard InChI is InChI=1S/C9H11N5O/c15-9(12-8-1-3-11-13-8)2-5-14-6-4-10-7-14/h1,3-4,6-7H,2,5H2,(H2,11,12,13,15). The molecular formula is C9H11N5O. The van der Waals surface area contributed by atoms with Gasteiger partial charge in [-0.25, -0.2) is 4.98 Å². The molecule has 0 aromatic carbocycles. The lowest BCUT2D eigenvalue weighted by Gasteiger charge is -2.02. The summed E-state index contributed by atoms with van der Waals surface area (Å²) in [5.74, 6) is 0.568. The fourth-order valence-corrected chi connectivity index (χ4v) is 1.19. The predicted molar refractivity (Wildman–Crippen MR) is 54.1 cm³/mol. The maximum atomic E-state index is 11.4. The summed E-state index contributed by atoms with van der Waals surface area (Å²) < 4.78 is 1.85. The van der Waals surface area contributed by atoms with E-state index in [1.165, 1.54) is 0 Å². The van der Waals surface area contributed by atoms with E-state index in [0.29, 0.717) is 18.8 Å². The zero-order valence-corrected chi connectivity index (χ0v) is 8.05. The third kappa shape index (κ3) is 2.67. The molecule has 78 valence electrons. The molecule has 0 aliphatic heterocycles. The van der Waals surface area contributed by atoms with Crippen LogP contribution in [-0.4, -0.2) is 25.7 Å². The highest BCUT2D eigenvalue weighted by Gasteiger charge is 2.02. The second kappa shape index (κ2) is 4.41. The van der Waals surface area contributed by atoms with Crippen molar-refractivity contribution in [2.24, 2.45) is 0 Å². The molecule has 0 aliphatic rings. The maximum absolute atomic E-state index is 11.4. The van der Waals surface area contributed by atoms with Crippen LogP contribution < -0.4 is 5.32 Å². The topological polar surface area (TPSA) is 75.6 Å². The summed E-state index contributed by atoms with van der Waals surface area (Å²) in [7, 11) is 0. The number of H-pyrrole nitrogens is 1. The molecule has 0 saturated heterocycles. The number of nitrogens with zero attached hydrogens (tertiary/aromatic N) is 3. The van der Waals surface area contributed by atoms with Gasteiger partial charge in [-0.1, -0.05) is 0 Å². The first-order valence-corrected chi connectivity index (χ1v) is 4.59. The average Bonchev–Trinajstić information content (AvgIpc) is 2.86. The van der Waals surface area contributed by atoms with Crippen molar-refractivity contribution in [1.82, 2.24) is 19.7 Å². The third-order valence-corrected chi connectivity index (χ3v) is 1.93. The SMILES string of the molecule is O=C(CCn1ccnc1)Nc1ccn[nH]1. The summed E-state index contributed by atoms with van der Waals surface area (Å²) in [4.78, 5) is 15.3. The van der Waals surface area contributed by atoms with Gasteiger partial charge in [0.1, 0.15) is 5.82 Å². The number of aromatic nitrogens is 4. The number of nitrogens with one attached hydrogen (secondary N) is 2.